The van der Waals surface area contributed by atoms with Crippen LogP contribution in [0.1, 0.15) is 6.92 Å². The smallest absolute Gasteiger partial charge is 0.200 e. The number of methoxy groups -OCH3 is 2. The van der Waals surface area contributed by atoms with Crippen molar-refractivity contribution in [2.45, 2.75) is 6.92 Å². The Balaban J connectivity index is 1.46. The number of ether oxygens (including phenoxy) is 3. The summed E-state index contributed by atoms with van der Waals surface area (Å²) in [5, 5.41) is 0.514. The number of hydrogen-bond donors (Lipinski definition) is 0. The molecule has 1 fully saturated rings. The van der Waals surface area contributed by atoms with E-state index in [9.17, 15) is 4.79 Å². The molecule has 0 aliphatic carbocycles. The van der Waals surface area contributed by atoms with Crippen LogP contribution in [-0.4, -0.2) is 69.9 Å². The summed E-state index contributed by atoms with van der Waals surface area (Å²) in [5.41, 5.74) is 1.59. The summed E-state index contributed by atoms with van der Waals surface area (Å²) in [5.74, 6) is 1.87. The van der Waals surface area contributed by atoms with Gasteiger partial charge >= 0.3 is 0 Å². The number of rotatable bonds is 8. The van der Waals surface area contributed by atoms with Crippen LogP contribution in [0.15, 0.2) is 51.9 Å². The lowest BCUT2D eigenvalue weighted by molar-refractivity contribution is 0.121. The van der Waals surface area contributed by atoms with Crippen LogP contribution < -0.4 is 19.6 Å². The molecule has 7 heteroatoms. The van der Waals surface area contributed by atoms with Gasteiger partial charge in [-0.25, -0.2) is 0 Å². The molecule has 2 heterocycles. The van der Waals surface area contributed by atoms with Gasteiger partial charge in [0, 0.05) is 38.8 Å². The first kappa shape index (κ1) is 22.2. The van der Waals surface area contributed by atoms with Crippen LogP contribution in [-0.2, 0) is 0 Å². The molecule has 0 saturated carbocycles. The second-order valence-corrected chi connectivity index (χ2v) is 7.83. The van der Waals surface area contributed by atoms with E-state index in [4.69, 9.17) is 18.6 Å². The highest BCUT2D eigenvalue weighted by molar-refractivity contribution is 5.83. The number of hydrogen-bond acceptors (Lipinski definition) is 7. The van der Waals surface area contributed by atoms with E-state index in [0.29, 0.717) is 46.0 Å². The van der Waals surface area contributed by atoms with Crippen molar-refractivity contribution >= 4 is 11.0 Å². The van der Waals surface area contributed by atoms with E-state index in [1.807, 2.05) is 12.1 Å². The van der Waals surface area contributed by atoms with Gasteiger partial charge in [0.25, 0.3) is 0 Å². The molecule has 0 unspecified atom stereocenters. The first-order valence-electron chi connectivity index (χ1n) is 11.0. The average Bonchev–Trinajstić information content (AvgIpc) is 2.84. The van der Waals surface area contributed by atoms with E-state index < -0.39 is 0 Å². The molecule has 2 aromatic carbocycles. The van der Waals surface area contributed by atoms with Gasteiger partial charge in [-0.05, 0) is 36.4 Å². The normalized spacial score (nSPS) is 15.1. The molecule has 0 radical (unpaired) electrons. The van der Waals surface area contributed by atoms with E-state index in [1.165, 1.54) is 6.26 Å². The number of likely N-dealkylation sites (N-methyl/N-ethyl adjacent to an activating group) is 1. The molecular weight excluding hydrogens is 408 g/mol. The van der Waals surface area contributed by atoms with Crippen LogP contribution in [0.5, 0.6) is 17.2 Å². The van der Waals surface area contributed by atoms with E-state index in [-0.39, 0.29) is 5.43 Å². The van der Waals surface area contributed by atoms with Crippen molar-refractivity contribution in [2.24, 2.45) is 0 Å². The van der Waals surface area contributed by atoms with Crippen molar-refractivity contribution in [1.82, 2.24) is 9.80 Å². The minimum absolute atomic E-state index is 0.0983. The first-order valence-corrected chi connectivity index (χ1v) is 11.0. The Morgan fingerprint density at radius 1 is 0.938 bits per heavy atom. The molecule has 1 aliphatic rings. The zero-order valence-electron chi connectivity index (χ0n) is 18.9. The van der Waals surface area contributed by atoms with E-state index in [2.05, 4.69) is 16.7 Å². The lowest BCUT2D eigenvalue weighted by Crippen LogP contribution is -2.47. The van der Waals surface area contributed by atoms with Crippen LogP contribution in [0.2, 0.25) is 0 Å². The summed E-state index contributed by atoms with van der Waals surface area (Å²) >= 11 is 0. The fourth-order valence-electron chi connectivity index (χ4n) is 4.02. The third kappa shape index (κ3) is 4.74. The monoisotopic (exact) mass is 438 g/mol. The number of nitrogens with zero attached hydrogens (tertiary/aromatic N) is 2. The number of fused-ring (bicyclic) bond motifs is 1. The minimum Gasteiger partial charge on any atom is -0.493 e. The fourth-order valence-corrected chi connectivity index (χ4v) is 4.02. The molecule has 170 valence electrons. The maximum absolute atomic E-state index is 13.1. The average molecular weight is 439 g/mol. The van der Waals surface area contributed by atoms with E-state index >= 15 is 0 Å². The fraction of sp³-hybridized carbons (Fsp3) is 0.400. The topological polar surface area (TPSA) is 64.4 Å². The standard InChI is InChI=1S/C25H30N2O5/c1-4-26-9-11-27(12-10-26)13-14-31-19-6-7-20-23(16-19)32-17-21(25(20)28)18-5-8-22(29-2)24(15-18)30-3/h5-8,15-17H,4,9-14H2,1-3H3. The summed E-state index contributed by atoms with van der Waals surface area (Å²) in [6, 6.07) is 10.7. The van der Waals surface area contributed by atoms with Crippen LogP contribution in [0.3, 0.4) is 0 Å². The molecule has 0 bridgehead atoms. The van der Waals surface area contributed by atoms with Gasteiger partial charge in [-0.3, -0.25) is 9.69 Å². The van der Waals surface area contributed by atoms with E-state index in [0.717, 1.165) is 39.3 Å². The number of piperazine rings is 1. The molecule has 1 saturated heterocycles. The van der Waals surface area contributed by atoms with Crippen molar-refractivity contribution < 1.29 is 18.6 Å². The first-order chi connectivity index (χ1) is 15.6. The summed E-state index contributed by atoms with van der Waals surface area (Å²) in [6.07, 6.45) is 1.49. The Morgan fingerprint density at radius 2 is 1.69 bits per heavy atom. The molecule has 0 atom stereocenters. The molecule has 1 aromatic heterocycles. The van der Waals surface area contributed by atoms with E-state index in [1.54, 1.807) is 38.5 Å². The van der Waals surface area contributed by atoms with Crippen LogP contribution in [0.4, 0.5) is 0 Å². The van der Waals surface area contributed by atoms with Crippen LogP contribution >= 0.6 is 0 Å². The Bertz CT molecular complexity index is 1120. The quantitative estimate of drug-likeness (QED) is 0.533. The van der Waals surface area contributed by atoms with Crippen LogP contribution in [0.25, 0.3) is 22.1 Å². The predicted octanol–water partition coefficient (Wildman–Crippen LogP) is 3.49. The molecule has 0 amide bonds. The highest BCUT2D eigenvalue weighted by atomic mass is 16.5. The SMILES string of the molecule is CCN1CCN(CCOc2ccc3c(=O)c(-c4ccc(OC)c(OC)c4)coc3c2)CC1. The molecule has 7 nitrogen and oxygen atoms in total. The second kappa shape index (κ2) is 10.1. The molecule has 32 heavy (non-hydrogen) atoms. The molecule has 0 N–H and O–H groups in total. The zero-order chi connectivity index (χ0) is 22.5. The van der Waals surface area contributed by atoms with Gasteiger partial charge in [-0.2, -0.15) is 0 Å². The zero-order valence-corrected chi connectivity index (χ0v) is 18.9. The third-order valence-corrected chi connectivity index (χ3v) is 6.03. The lowest BCUT2D eigenvalue weighted by Gasteiger charge is -2.33. The highest BCUT2D eigenvalue weighted by Crippen LogP contribution is 2.32. The van der Waals surface area contributed by atoms with Gasteiger partial charge in [0.2, 0.25) is 0 Å². The molecule has 0 spiro atoms. The maximum Gasteiger partial charge on any atom is 0.200 e. The summed E-state index contributed by atoms with van der Waals surface area (Å²) in [6.45, 7) is 9.17. The summed E-state index contributed by atoms with van der Waals surface area (Å²) < 4.78 is 22.4. The van der Waals surface area contributed by atoms with Gasteiger partial charge < -0.3 is 23.5 Å². The minimum atomic E-state index is -0.0983. The molecule has 3 aromatic rings. The lowest BCUT2D eigenvalue weighted by atomic mass is 10.0. The van der Waals surface area contributed by atoms with Gasteiger partial charge in [0.05, 0.1) is 25.2 Å². The third-order valence-electron chi connectivity index (χ3n) is 6.03. The van der Waals surface area contributed by atoms with Crippen LogP contribution in [0, 0.1) is 0 Å². The van der Waals surface area contributed by atoms with Gasteiger partial charge in [0.1, 0.15) is 24.2 Å². The Morgan fingerprint density at radius 3 is 2.41 bits per heavy atom. The number of benzene rings is 2. The van der Waals surface area contributed by atoms with Gasteiger partial charge in [0.15, 0.2) is 16.9 Å². The molecular formula is C25H30N2O5. The second-order valence-electron chi connectivity index (χ2n) is 7.83. The Kier molecular flexibility index (Phi) is 6.97. The summed E-state index contributed by atoms with van der Waals surface area (Å²) in [4.78, 5) is 18.0. The molecule has 1 aliphatic heterocycles. The van der Waals surface area contributed by atoms with Crippen molar-refractivity contribution in [3.8, 4) is 28.4 Å². The van der Waals surface area contributed by atoms with Gasteiger partial charge in [-0.15, -0.1) is 0 Å². The van der Waals surface area contributed by atoms with Crippen molar-refractivity contribution in [3.05, 3.63) is 52.9 Å². The summed E-state index contributed by atoms with van der Waals surface area (Å²) in [7, 11) is 3.14. The van der Waals surface area contributed by atoms with Gasteiger partial charge in [-0.1, -0.05) is 13.0 Å². The van der Waals surface area contributed by atoms with Crippen molar-refractivity contribution in [1.29, 1.82) is 0 Å². The Hall–Kier alpha value is -3.03. The van der Waals surface area contributed by atoms with Crippen molar-refractivity contribution in [2.75, 3.05) is 60.1 Å². The highest BCUT2D eigenvalue weighted by Gasteiger charge is 2.16. The van der Waals surface area contributed by atoms with Crippen molar-refractivity contribution in [3.63, 3.8) is 0 Å². The predicted molar refractivity (Wildman–Crippen MR) is 125 cm³/mol. The molecule has 4 rings (SSSR count). The largest absolute Gasteiger partial charge is 0.493 e. The maximum atomic E-state index is 13.1. The Labute approximate surface area is 188 Å².